The van der Waals surface area contributed by atoms with Crippen LogP contribution in [0.3, 0.4) is 0 Å². The van der Waals surface area contributed by atoms with Crippen molar-refractivity contribution in [3.63, 3.8) is 0 Å². The first-order valence-electron chi connectivity index (χ1n) is 6.88. The summed E-state index contributed by atoms with van der Waals surface area (Å²) < 4.78 is 1.91. The average Bonchev–Trinajstić information content (AvgIpc) is 2.89. The van der Waals surface area contributed by atoms with Gasteiger partial charge in [-0.25, -0.2) is 4.98 Å². The molecule has 1 aromatic carbocycles. The highest BCUT2D eigenvalue weighted by Crippen LogP contribution is 2.16. The van der Waals surface area contributed by atoms with E-state index in [-0.39, 0.29) is 5.91 Å². The first-order valence-corrected chi connectivity index (χ1v) is 6.88. The molecule has 4 heteroatoms. The van der Waals surface area contributed by atoms with E-state index in [1.807, 2.05) is 61.6 Å². The Morgan fingerprint density at radius 1 is 1.10 bits per heavy atom. The first kappa shape index (κ1) is 13.4. The third-order valence-corrected chi connectivity index (χ3v) is 3.69. The second-order valence-electron chi connectivity index (χ2n) is 5.27. The number of nitrogens with zero attached hydrogens (tertiary/aromatic N) is 2. The molecule has 0 saturated heterocycles. The van der Waals surface area contributed by atoms with Crippen LogP contribution in [0.4, 0.5) is 5.69 Å². The molecule has 21 heavy (non-hydrogen) atoms. The van der Waals surface area contributed by atoms with Gasteiger partial charge in [0.05, 0.1) is 0 Å². The van der Waals surface area contributed by atoms with Gasteiger partial charge in [-0.3, -0.25) is 4.79 Å². The van der Waals surface area contributed by atoms with Gasteiger partial charge >= 0.3 is 0 Å². The summed E-state index contributed by atoms with van der Waals surface area (Å²) in [5, 5.41) is 2.89. The molecule has 106 valence electrons. The Balaban J connectivity index is 1.90. The van der Waals surface area contributed by atoms with E-state index < -0.39 is 0 Å². The molecule has 0 saturated carbocycles. The van der Waals surface area contributed by atoms with Crippen LogP contribution in [0.1, 0.15) is 27.3 Å². The normalized spacial score (nSPS) is 10.8. The van der Waals surface area contributed by atoms with Gasteiger partial charge in [-0.2, -0.15) is 0 Å². The Bertz CT molecular complexity index is 833. The highest BCUT2D eigenvalue weighted by Gasteiger charge is 2.12. The van der Waals surface area contributed by atoms with Crippen molar-refractivity contribution >= 4 is 17.2 Å². The summed E-state index contributed by atoms with van der Waals surface area (Å²) in [5.74, 6) is -0.193. The smallest absolute Gasteiger partial charge is 0.275 e. The molecule has 0 aliphatic carbocycles. The standard InChI is InChI=1S/C17H17N3O/c1-11-7-8-14(9-12(11)2)18-17(21)15-10-20-13(3)5-4-6-16(20)19-15/h4-10H,1-3H3,(H,18,21). The van der Waals surface area contributed by atoms with Crippen LogP contribution in [-0.4, -0.2) is 15.3 Å². The van der Waals surface area contributed by atoms with Gasteiger partial charge in [-0.1, -0.05) is 12.1 Å². The zero-order valence-electron chi connectivity index (χ0n) is 12.3. The highest BCUT2D eigenvalue weighted by molar-refractivity contribution is 6.03. The fourth-order valence-corrected chi connectivity index (χ4v) is 2.27. The zero-order chi connectivity index (χ0) is 15.0. The van der Waals surface area contributed by atoms with E-state index in [1.165, 1.54) is 5.56 Å². The molecule has 2 heterocycles. The summed E-state index contributed by atoms with van der Waals surface area (Å²) in [6.07, 6.45) is 1.76. The molecule has 0 aliphatic heterocycles. The molecule has 4 nitrogen and oxygen atoms in total. The van der Waals surface area contributed by atoms with Crippen LogP contribution in [-0.2, 0) is 0 Å². The molecule has 3 aromatic rings. The van der Waals surface area contributed by atoms with Crippen molar-refractivity contribution in [2.75, 3.05) is 5.32 Å². The molecule has 0 fully saturated rings. The predicted molar refractivity (Wildman–Crippen MR) is 83.8 cm³/mol. The quantitative estimate of drug-likeness (QED) is 0.780. The fourth-order valence-electron chi connectivity index (χ4n) is 2.27. The number of aryl methyl sites for hydroxylation is 3. The van der Waals surface area contributed by atoms with Crippen LogP contribution < -0.4 is 5.32 Å². The van der Waals surface area contributed by atoms with Crippen molar-refractivity contribution in [3.05, 3.63) is 65.1 Å². The molecule has 0 aliphatic rings. The van der Waals surface area contributed by atoms with Gasteiger partial charge in [0.25, 0.3) is 5.91 Å². The van der Waals surface area contributed by atoms with Crippen molar-refractivity contribution < 1.29 is 4.79 Å². The SMILES string of the molecule is Cc1ccc(NC(=O)c2cn3c(C)cccc3n2)cc1C. The maximum Gasteiger partial charge on any atom is 0.275 e. The van der Waals surface area contributed by atoms with E-state index in [0.717, 1.165) is 22.6 Å². The Hall–Kier alpha value is -2.62. The van der Waals surface area contributed by atoms with Crippen LogP contribution in [0.25, 0.3) is 5.65 Å². The van der Waals surface area contributed by atoms with Crippen molar-refractivity contribution in [1.82, 2.24) is 9.38 Å². The van der Waals surface area contributed by atoms with Crippen LogP contribution >= 0.6 is 0 Å². The van der Waals surface area contributed by atoms with E-state index in [1.54, 1.807) is 6.20 Å². The van der Waals surface area contributed by atoms with Gasteiger partial charge in [0.2, 0.25) is 0 Å². The number of aromatic nitrogens is 2. The van der Waals surface area contributed by atoms with E-state index in [9.17, 15) is 4.79 Å². The maximum atomic E-state index is 12.3. The highest BCUT2D eigenvalue weighted by atomic mass is 16.1. The molecule has 1 amide bonds. The minimum absolute atomic E-state index is 0.193. The molecule has 0 unspecified atom stereocenters. The topological polar surface area (TPSA) is 46.4 Å². The van der Waals surface area contributed by atoms with Gasteiger partial charge in [0.15, 0.2) is 0 Å². The summed E-state index contributed by atoms with van der Waals surface area (Å²) in [4.78, 5) is 16.7. The summed E-state index contributed by atoms with van der Waals surface area (Å²) >= 11 is 0. The van der Waals surface area contributed by atoms with Crippen LogP contribution in [0.5, 0.6) is 0 Å². The molecule has 0 atom stereocenters. The maximum absolute atomic E-state index is 12.3. The third kappa shape index (κ3) is 2.52. The number of amides is 1. The fraction of sp³-hybridized carbons (Fsp3) is 0.176. The lowest BCUT2D eigenvalue weighted by molar-refractivity contribution is 0.102. The molecule has 2 aromatic heterocycles. The van der Waals surface area contributed by atoms with Crippen LogP contribution in [0, 0.1) is 20.8 Å². The number of hydrogen-bond donors (Lipinski definition) is 1. The van der Waals surface area contributed by atoms with Crippen molar-refractivity contribution in [1.29, 1.82) is 0 Å². The summed E-state index contributed by atoms with van der Waals surface area (Å²) in [6, 6.07) is 11.7. The number of rotatable bonds is 2. The number of benzene rings is 1. The number of fused-ring (bicyclic) bond motifs is 1. The first-order chi connectivity index (χ1) is 10.0. The second kappa shape index (κ2) is 5.05. The number of carbonyl (C=O) groups is 1. The zero-order valence-corrected chi connectivity index (χ0v) is 12.3. The Kier molecular flexibility index (Phi) is 3.22. The molecule has 0 bridgehead atoms. The monoisotopic (exact) mass is 279 g/mol. The van der Waals surface area contributed by atoms with E-state index >= 15 is 0 Å². The number of pyridine rings is 1. The van der Waals surface area contributed by atoms with Gasteiger partial charge in [0, 0.05) is 17.6 Å². The molecule has 0 spiro atoms. The number of imidazole rings is 1. The number of anilines is 1. The van der Waals surface area contributed by atoms with Crippen molar-refractivity contribution in [2.45, 2.75) is 20.8 Å². The van der Waals surface area contributed by atoms with Gasteiger partial charge in [-0.05, 0) is 56.2 Å². The Morgan fingerprint density at radius 3 is 2.62 bits per heavy atom. The lowest BCUT2D eigenvalue weighted by Crippen LogP contribution is -2.12. The van der Waals surface area contributed by atoms with Gasteiger partial charge < -0.3 is 9.72 Å². The van der Waals surface area contributed by atoms with Crippen molar-refractivity contribution in [3.8, 4) is 0 Å². The minimum atomic E-state index is -0.193. The Labute approximate surface area is 123 Å². The lowest BCUT2D eigenvalue weighted by atomic mass is 10.1. The third-order valence-electron chi connectivity index (χ3n) is 3.69. The Morgan fingerprint density at radius 2 is 1.90 bits per heavy atom. The van der Waals surface area contributed by atoms with Crippen LogP contribution in [0.2, 0.25) is 0 Å². The van der Waals surface area contributed by atoms with Crippen molar-refractivity contribution in [2.24, 2.45) is 0 Å². The van der Waals surface area contributed by atoms with Gasteiger partial charge in [-0.15, -0.1) is 0 Å². The molecule has 3 rings (SSSR count). The van der Waals surface area contributed by atoms with Gasteiger partial charge in [0.1, 0.15) is 11.3 Å². The summed E-state index contributed by atoms with van der Waals surface area (Å²) in [7, 11) is 0. The minimum Gasteiger partial charge on any atom is -0.321 e. The molecule has 0 radical (unpaired) electrons. The summed E-state index contributed by atoms with van der Waals surface area (Å²) in [5.41, 5.74) is 5.39. The number of nitrogens with one attached hydrogen (secondary N) is 1. The number of hydrogen-bond acceptors (Lipinski definition) is 2. The predicted octanol–water partition coefficient (Wildman–Crippen LogP) is 3.51. The lowest BCUT2D eigenvalue weighted by Gasteiger charge is -2.06. The van der Waals surface area contributed by atoms with E-state index in [0.29, 0.717) is 5.69 Å². The molecular weight excluding hydrogens is 262 g/mol. The number of carbonyl (C=O) groups excluding carboxylic acids is 1. The largest absolute Gasteiger partial charge is 0.321 e. The second-order valence-corrected chi connectivity index (χ2v) is 5.27. The molecular formula is C17H17N3O. The van der Waals surface area contributed by atoms with Crippen LogP contribution in [0.15, 0.2) is 42.6 Å². The van der Waals surface area contributed by atoms with E-state index in [4.69, 9.17) is 0 Å². The summed E-state index contributed by atoms with van der Waals surface area (Å²) in [6.45, 7) is 6.06. The van der Waals surface area contributed by atoms with E-state index in [2.05, 4.69) is 10.3 Å². The molecule has 1 N–H and O–H groups in total. The average molecular weight is 279 g/mol.